The lowest BCUT2D eigenvalue weighted by Gasteiger charge is -2.05. The number of imidazole rings is 1. The Bertz CT molecular complexity index is 862. The molecule has 0 radical (unpaired) electrons. The Morgan fingerprint density at radius 1 is 1.17 bits per heavy atom. The number of amides is 1. The quantitative estimate of drug-likeness (QED) is 0.753. The number of carbonyl (C=O) groups excluding carboxylic acids is 1. The van der Waals surface area contributed by atoms with Crippen LogP contribution in [-0.4, -0.2) is 21.6 Å². The minimum Gasteiger partial charge on any atom is -0.356 e. The Kier molecular flexibility index (Phi) is 4.62. The molecule has 0 spiro atoms. The van der Waals surface area contributed by atoms with Gasteiger partial charge in [0.05, 0.1) is 11.0 Å². The third-order valence-corrected chi connectivity index (χ3v) is 4.82. The van der Waals surface area contributed by atoms with Crippen molar-refractivity contribution in [1.29, 1.82) is 0 Å². The molecule has 3 aromatic rings. The smallest absolute Gasteiger partial charge is 0.328 e. The molecule has 1 N–H and O–H groups in total. The molecular weight excluding hydrogens is 310 g/mol. The summed E-state index contributed by atoms with van der Waals surface area (Å²) in [7, 11) is 1.75. The number of nitrogens with zero attached hydrogens (tertiary/aromatic N) is 2. The molecule has 0 aliphatic carbocycles. The maximum atomic E-state index is 12.3. The zero-order valence-corrected chi connectivity index (χ0v) is 13.8. The fourth-order valence-electron chi connectivity index (χ4n) is 2.66. The lowest BCUT2D eigenvalue weighted by Crippen LogP contribution is -2.29. The standard InChI is InChI=1S/C17H19N3O2S/c1-19-14-6-2-3-7-15(14)20(17(19)22)11-9-16(21)18-10-8-13-5-4-12-23-13/h2-7,12H,8-11H2,1H3,(H,18,21). The molecular formula is C17H19N3O2S. The Labute approximate surface area is 138 Å². The van der Waals surface area contributed by atoms with Gasteiger partial charge in [-0.2, -0.15) is 0 Å². The Hall–Kier alpha value is -2.34. The van der Waals surface area contributed by atoms with Crippen molar-refractivity contribution in [2.75, 3.05) is 6.54 Å². The topological polar surface area (TPSA) is 56.0 Å². The molecule has 3 rings (SSSR count). The number of benzene rings is 1. The molecule has 0 unspecified atom stereocenters. The number of carbonyl (C=O) groups is 1. The van der Waals surface area contributed by atoms with Crippen molar-refractivity contribution in [2.45, 2.75) is 19.4 Å². The van der Waals surface area contributed by atoms with Crippen LogP contribution in [0.15, 0.2) is 46.6 Å². The number of aryl methyl sites for hydroxylation is 2. The minimum atomic E-state index is -0.0856. The molecule has 0 aliphatic rings. The van der Waals surface area contributed by atoms with E-state index in [2.05, 4.69) is 11.4 Å². The van der Waals surface area contributed by atoms with Gasteiger partial charge >= 0.3 is 5.69 Å². The predicted octanol–water partition coefficient (Wildman–Crippen LogP) is 2.15. The molecule has 6 heteroatoms. The number of thiophene rings is 1. The number of nitrogens with one attached hydrogen (secondary N) is 1. The van der Waals surface area contributed by atoms with Gasteiger partial charge in [0.15, 0.2) is 0 Å². The molecule has 0 bridgehead atoms. The van der Waals surface area contributed by atoms with Crippen molar-refractivity contribution in [3.05, 3.63) is 57.1 Å². The van der Waals surface area contributed by atoms with Gasteiger partial charge in [-0.25, -0.2) is 4.79 Å². The lowest BCUT2D eigenvalue weighted by molar-refractivity contribution is -0.121. The summed E-state index contributed by atoms with van der Waals surface area (Å²) < 4.78 is 3.28. The molecule has 23 heavy (non-hydrogen) atoms. The summed E-state index contributed by atoms with van der Waals surface area (Å²) in [6.07, 6.45) is 1.15. The van der Waals surface area contributed by atoms with E-state index >= 15 is 0 Å². The number of hydrogen-bond acceptors (Lipinski definition) is 3. The molecule has 2 aromatic heterocycles. The van der Waals surface area contributed by atoms with E-state index in [0.29, 0.717) is 19.5 Å². The summed E-state index contributed by atoms with van der Waals surface area (Å²) in [6.45, 7) is 1.02. The summed E-state index contributed by atoms with van der Waals surface area (Å²) in [5.41, 5.74) is 1.67. The first-order chi connectivity index (χ1) is 11.2. The highest BCUT2D eigenvalue weighted by atomic mass is 32.1. The van der Waals surface area contributed by atoms with Gasteiger partial charge in [-0.05, 0) is 30.0 Å². The van der Waals surface area contributed by atoms with Crippen LogP contribution in [0.3, 0.4) is 0 Å². The van der Waals surface area contributed by atoms with E-state index in [-0.39, 0.29) is 11.6 Å². The van der Waals surface area contributed by atoms with Gasteiger partial charge in [0, 0.05) is 31.4 Å². The zero-order chi connectivity index (χ0) is 16.2. The number of fused-ring (bicyclic) bond motifs is 1. The second kappa shape index (κ2) is 6.83. The van der Waals surface area contributed by atoms with E-state index < -0.39 is 0 Å². The van der Waals surface area contributed by atoms with E-state index in [1.807, 2.05) is 35.7 Å². The molecule has 0 atom stereocenters. The first kappa shape index (κ1) is 15.6. The first-order valence-electron chi connectivity index (χ1n) is 7.60. The summed E-state index contributed by atoms with van der Waals surface area (Å²) in [5.74, 6) is -0.0265. The van der Waals surface area contributed by atoms with Gasteiger partial charge in [-0.3, -0.25) is 13.9 Å². The average molecular weight is 329 g/mol. The summed E-state index contributed by atoms with van der Waals surface area (Å²) >= 11 is 1.69. The van der Waals surface area contributed by atoms with Gasteiger partial charge in [0.25, 0.3) is 0 Å². The van der Waals surface area contributed by atoms with Crippen LogP contribution in [0, 0.1) is 0 Å². The summed E-state index contributed by atoms with van der Waals surface area (Å²) in [6, 6.07) is 11.7. The summed E-state index contributed by atoms with van der Waals surface area (Å²) in [5, 5.41) is 4.94. The van der Waals surface area contributed by atoms with Crippen molar-refractivity contribution in [3.8, 4) is 0 Å². The normalized spacial score (nSPS) is 11.0. The minimum absolute atomic E-state index is 0.0265. The predicted molar refractivity (Wildman–Crippen MR) is 92.8 cm³/mol. The van der Waals surface area contributed by atoms with Gasteiger partial charge in [-0.1, -0.05) is 18.2 Å². The van der Waals surface area contributed by atoms with E-state index in [1.54, 1.807) is 27.5 Å². The van der Waals surface area contributed by atoms with Gasteiger partial charge in [-0.15, -0.1) is 11.3 Å². The lowest BCUT2D eigenvalue weighted by atomic mass is 10.3. The van der Waals surface area contributed by atoms with Crippen LogP contribution >= 0.6 is 11.3 Å². The molecule has 120 valence electrons. The van der Waals surface area contributed by atoms with E-state index in [1.165, 1.54) is 4.88 Å². The van der Waals surface area contributed by atoms with Crippen LogP contribution in [0.2, 0.25) is 0 Å². The fourth-order valence-corrected chi connectivity index (χ4v) is 3.37. The molecule has 2 heterocycles. The maximum absolute atomic E-state index is 12.3. The Morgan fingerprint density at radius 3 is 2.70 bits per heavy atom. The van der Waals surface area contributed by atoms with Crippen molar-refractivity contribution in [3.63, 3.8) is 0 Å². The van der Waals surface area contributed by atoms with E-state index in [0.717, 1.165) is 17.5 Å². The molecule has 0 saturated heterocycles. The Balaban J connectivity index is 1.59. The van der Waals surface area contributed by atoms with E-state index in [4.69, 9.17) is 0 Å². The maximum Gasteiger partial charge on any atom is 0.328 e. The highest BCUT2D eigenvalue weighted by Gasteiger charge is 2.11. The van der Waals surface area contributed by atoms with Gasteiger partial charge < -0.3 is 5.32 Å². The van der Waals surface area contributed by atoms with Crippen molar-refractivity contribution >= 4 is 28.3 Å². The van der Waals surface area contributed by atoms with Crippen LogP contribution in [0.5, 0.6) is 0 Å². The van der Waals surface area contributed by atoms with Crippen molar-refractivity contribution in [1.82, 2.24) is 14.5 Å². The van der Waals surface area contributed by atoms with Crippen LogP contribution in [-0.2, 0) is 24.8 Å². The highest BCUT2D eigenvalue weighted by Crippen LogP contribution is 2.12. The number of rotatable bonds is 6. The zero-order valence-electron chi connectivity index (χ0n) is 13.0. The van der Waals surface area contributed by atoms with Crippen molar-refractivity contribution < 1.29 is 4.79 Å². The molecule has 0 aliphatic heterocycles. The second-order valence-corrected chi connectivity index (χ2v) is 6.44. The molecule has 0 fully saturated rings. The fraction of sp³-hybridized carbons (Fsp3) is 0.294. The molecule has 1 aromatic carbocycles. The highest BCUT2D eigenvalue weighted by molar-refractivity contribution is 7.09. The third kappa shape index (κ3) is 3.37. The largest absolute Gasteiger partial charge is 0.356 e. The average Bonchev–Trinajstić information content (AvgIpc) is 3.15. The van der Waals surface area contributed by atoms with Crippen molar-refractivity contribution in [2.24, 2.45) is 7.05 Å². The summed E-state index contributed by atoms with van der Waals surface area (Å²) in [4.78, 5) is 25.5. The van der Waals surface area contributed by atoms with E-state index in [9.17, 15) is 9.59 Å². The SMILES string of the molecule is Cn1c(=O)n(CCC(=O)NCCc2cccs2)c2ccccc21. The third-order valence-electron chi connectivity index (χ3n) is 3.89. The Morgan fingerprint density at radius 2 is 1.96 bits per heavy atom. The molecule has 1 amide bonds. The molecule has 0 saturated carbocycles. The monoisotopic (exact) mass is 329 g/mol. The van der Waals surface area contributed by atoms with Crippen LogP contribution in [0.4, 0.5) is 0 Å². The number of para-hydroxylation sites is 2. The van der Waals surface area contributed by atoms with Gasteiger partial charge in [0.1, 0.15) is 0 Å². The van der Waals surface area contributed by atoms with Crippen LogP contribution in [0.1, 0.15) is 11.3 Å². The van der Waals surface area contributed by atoms with Crippen LogP contribution in [0.25, 0.3) is 11.0 Å². The first-order valence-corrected chi connectivity index (χ1v) is 8.48. The van der Waals surface area contributed by atoms with Crippen LogP contribution < -0.4 is 11.0 Å². The molecule has 5 nitrogen and oxygen atoms in total. The van der Waals surface area contributed by atoms with Gasteiger partial charge in [0.2, 0.25) is 5.91 Å². The number of hydrogen-bond donors (Lipinski definition) is 1. The second-order valence-electron chi connectivity index (χ2n) is 5.41. The number of aromatic nitrogens is 2.